The van der Waals surface area contributed by atoms with E-state index in [2.05, 4.69) is 49.4 Å². The molecule has 2 saturated heterocycles. The van der Waals surface area contributed by atoms with E-state index in [0.717, 1.165) is 58.4 Å². The Kier molecular flexibility index (Phi) is 7.62. The Morgan fingerprint density at radius 3 is 2.73 bits per heavy atom. The van der Waals surface area contributed by atoms with Crippen LogP contribution in [0.1, 0.15) is 37.8 Å². The van der Waals surface area contributed by atoms with E-state index in [1.807, 2.05) is 29.2 Å². The number of likely N-dealkylation sites (tertiary alicyclic amines) is 1. The van der Waals surface area contributed by atoms with Crippen molar-refractivity contribution in [3.8, 4) is 11.9 Å². The first kappa shape index (κ1) is 27.5. The van der Waals surface area contributed by atoms with Gasteiger partial charge in [0.15, 0.2) is 0 Å². The number of hydrogen-bond donors (Lipinski definition) is 0. The average molecular weight is 574 g/mol. The van der Waals surface area contributed by atoms with Gasteiger partial charge in [0, 0.05) is 54.1 Å². The molecule has 3 aromatic rings. The molecule has 0 radical (unpaired) electrons. The maximum absolute atomic E-state index is 12.3. The number of piperazine rings is 1. The van der Waals surface area contributed by atoms with Gasteiger partial charge in [0.1, 0.15) is 18.2 Å². The molecule has 0 saturated carbocycles. The second-order valence-electron chi connectivity index (χ2n) is 11.3. The summed E-state index contributed by atoms with van der Waals surface area (Å²) in [4.78, 5) is 28.5. The Morgan fingerprint density at radius 2 is 2.00 bits per heavy atom. The zero-order valence-corrected chi connectivity index (χ0v) is 24.7. The van der Waals surface area contributed by atoms with Crippen molar-refractivity contribution >= 4 is 39.9 Å². The molecule has 9 heteroatoms. The zero-order chi connectivity index (χ0) is 28.7. The molecule has 0 aliphatic carbocycles. The molecule has 1 aromatic heterocycles. The van der Waals surface area contributed by atoms with E-state index in [1.54, 1.807) is 0 Å². The molecule has 3 aliphatic heterocycles. The molecule has 0 N–H and O–H groups in total. The number of fused-ring (bicyclic) bond motifs is 2. The van der Waals surface area contributed by atoms with Gasteiger partial charge in [-0.1, -0.05) is 48.5 Å². The summed E-state index contributed by atoms with van der Waals surface area (Å²) in [6.07, 6.45) is 4.26. The molecule has 2 fully saturated rings. The fourth-order valence-electron chi connectivity index (χ4n) is 6.23. The van der Waals surface area contributed by atoms with Crippen LogP contribution < -0.4 is 14.4 Å². The smallest absolute Gasteiger partial charge is 0.321 e. The van der Waals surface area contributed by atoms with E-state index in [4.69, 9.17) is 31.0 Å². The van der Waals surface area contributed by atoms with Crippen LogP contribution in [0.5, 0.6) is 11.9 Å². The predicted molar refractivity (Wildman–Crippen MR) is 163 cm³/mol. The second kappa shape index (κ2) is 11.3. The highest BCUT2D eigenvalue weighted by Gasteiger charge is 2.33. The maximum atomic E-state index is 12.3. The minimum atomic E-state index is -0.0496. The van der Waals surface area contributed by atoms with Gasteiger partial charge in [0.2, 0.25) is 11.8 Å². The third-order valence-corrected chi connectivity index (χ3v) is 8.83. The number of carbonyl (C=O) groups is 1. The highest BCUT2D eigenvalue weighted by molar-refractivity contribution is 6.36. The van der Waals surface area contributed by atoms with Crippen molar-refractivity contribution in [3.63, 3.8) is 0 Å². The normalized spacial score (nSPS) is 21.2. The molecule has 3 aliphatic rings. The summed E-state index contributed by atoms with van der Waals surface area (Å²) in [5.41, 5.74) is 2.94. The lowest BCUT2D eigenvalue weighted by molar-refractivity contribution is -0.126. The highest BCUT2D eigenvalue weighted by Crippen LogP contribution is 2.42. The monoisotopic (exact) mass is 573 g/mol. The first-order valence-electron chi connectivity index (χ1n) is 14.3. The molecule has 1 unspecified atom stereocenters. The van der Waals surface area contributed by atoms with Crippen LogP contribution in [0.25, 0.3) is 16.5 Å². The lowest BCUT2D eigenvalue weighted by Gasteiger charge is -2.41. The van der Waals surface area contributed by atoms with Crippen molar-refractivity contribution in [2.75, 3.05) is 44.7 Å². The van der Waals surface area contributed by atoms with Crippen LogP contribution in [0.3, 0.4) is 0 Å². The summed E-state index contributed by atoms with van der Waals surface area (Å²) in [7, 11) is 2.13. The molecule has 4 heterocycles. The summed E-state index contributed by atoms with van der Waals surface area (Å²) in [6.45, 7) is 11.3. The molecule has 6 rings (SSSR count). The number of nitrogens with zero attached hydrogens (tertiary/aromatic N) is 5. The van der Waals surface area contributed by atoms with Crippen molar-refractivity contribution < 1.29 is 14.3 Å². The van der Waals surface area contributed by atoms with Gasteiger partial charge < -0.3 is 24.2 Å². The summed E-state index contributed by atoms with van der Waals surface area (Å²) < 4.78 is 12.9. The minimum absolute atomic E-state index is 0.0445. The van der Waals surface area contributed by atoms with Gasteiger partial charge in [-0.3, -0.25) is 4.79 Å². The van der Waals surface area contributed by atoms with Crippen LogP contribution in [0.4, 0.5) is 5.82 Å². The second-order valence-corrected chi connectivity index (χ2v) is 11.7. The van der Waals surface area contributed by atoms with Crippen molar-refractivity contribution in [3.05, 3.63) is 70.8 Å². The molecular formula is C32H36ClN5O3. The third-order valence-electron chi connectivity index (χ3n) is 8.52. The number of benzene rings is 2. The number of carbonyl (C=O) groups excluding carboxylic acids is 1. The summed E-state index contributed by atoms with van der Waals surface area (Å²) in [5.74, 6) is 2.02. The van der Waals surface area contributed by atoms with Gasteiger partial charge >= 0.3 is 6.01 Å². The van der Waals surface area contributed by atoms with Crippen LogP contribution in [0.15, 0.2) is 54.6 Å². The standard InChI is InChI=1S/C32H36ClN5O3/c1-5-27(39)37-15-16-38(21(3)18-37)30-25-17-20(2)29(24-12-6-9-22-10-7-13-26(33)28(22)24)41-31(25)35-32(34-30)40-19-23-11-8-14-36(23)4/h5-7,9-10,12-13,21,23H,1,8,11,14-19H2,2-4H3/t21-,23?/m0/s1. The number of anilines is 1. The first-order valence-corrected chi connectivity index (χ1v) is 14.7. The average Bonchev–Trinajstić information content (AvgIpc) is 3.39. The van der Waals surface area contributed by atoms with E-state index in [9.17, 15) is 4.79 Å². The fourth-order valence-corrected chi connectivity index (χ4v) is 6.52. The first-order chi connectivity index (χ1) is 19.8. The Morgan fingerprint density at radius 1 is 1.20 bits per heavy atom. The lowest BCUT2D eigenvalue weighted by Crippen LogP contribution is -2.54. The topological polar surface area (TPSA) is 71.0 Å². The molecule has 0 spiro atoms. The van der Waals surface area contributed by atoms with E-state index >= 15 is 0 Å². The van der Waals surface area contributed by atoms with E-state index in [-0.39, 0.29) is 11.9 Å². The number of rotatable bonds is 6. The Balaban J connectivity index is 1.38. The summed E-state index contributed by atoms with van der Waals surface area (Å²) in [5, 5.41) is 2.70. The van der Waals surface area contributed by atoms with E-state index in [0.29, 0.717) is 55.6 Å². The van der Waals surface area contributed by atoms with Gasteiger partial charge in [0.05, 0.1) is 5.56 Å². The van der Waals surface area contributed by atoms with Gasteiger partial charge in [-0.25, -0.2) is 0 Å². The number of likely N-dealkylation sites (N-methyl/N-ethyl adjacent to an activating group) is 1. The molecule has 2 atom stereocenters. The van der Waals surface area contributed by atoms with Gasteiger partial charge in [-0.15, -0.1) is 0 Å². The van der Waals surface area contributed by atoms with Gasteiger partial charge in [-0.05, 0) is 63.4 Å². The van der Waals surface area contributed by atoms with Crippen LogP contribution in [-0.4, -0.2) is 77.6 Å². The highest BCUT2D eigenvalue weighted by atomic mass is 35.5. The number of allylic oxidation sites excluding steroid dienone is 1. The Hall–Kier alpha value is -3.62. The van der Waals surface area contributed by atoms with Crippen molar-refractivity contribution in [2.45, 2.75) is 45.2 Å². The Bertz CT molecular complexity index is 1530. The molecular weight excluding hydrogens is 538 g/mol. The number of halogens is 1. The zero-order valence-electron chi connectivity index (χ0n) is 23.9. The van der Waals surface area contributed by atoms with E-state index in [1.165, 1.54) is 6.08 Å². The molecule has 41 heavy (non-hydrogen) atoms. The van der Waals surface area contributed by atoms with Crippen molar-refractivity contribution in [1.29, 1.82) is 0 Å². The SMILES string of the molecule is C=CC(=O)N1CCN(c2nc(OCC3CCCN3C)nc3c2CC(C)=C(c2cccc4cccc(Cl)c24)O3)[C@@H](C)C1. The van der Waals surface area contributed by atoms with Crippen LogP contribution >= 0.6 is 11.6 Å². The van der Waals surface area contributed by atoms with Crippen molar-refractivity contribution in [1.82, 2.24) is 19.8 Å². The quantitative estimate of drug-likeness (QED) is 0.368. The molecule has 1 amide bonds. The van der Waals surface area contributed by atoms with Crippen LogP contribution in [0.2, 0.25) is 5.02 Å². The van der Waals surface area contributed by atoms with Gasteiger partial charge in [-0.2, -0.15) is 9.97 Å². The molecule has 0 bridgehead atoms. The number of ether oxygens (including phenoxy) is 2. The minimum Gasteiger partial charge on any atom is -0.462 e. The lowest BCUT2D eigenvalue weighted by atomic mass is 9.96. The van der Waals surface area contributed by atoms with Gasteiger partial charge in [0.25, 0.3) is 0 Å². The molecule has 2 aromatic carbocycles. The Labute approximate surface area is 246 Å². The third kappa shape index (κ3) is 5.26. The maximum Gasteiger partial charge on any atom is 0.321 e. The van der Waals surface area contributed by atoms with Crippen LogP contribution in [-0.2, 0) is 11.2 Å². The summed E-state index contributed by atoms with van der Waals surface area (Å²) >= 11 is 6.69. The predicted octanol–water partition coefficient (Wildman–Crippen LogP) is 5.35. The largest absolute Gasteiger partial charge is 0.462 e. The van der Waals surface area contributed by atoms with Crippen LogP contribution in [0, 0.1) is 0 Å². The number of amides is 1. The molecule has 8 nitrogen and oxygen atoms in total. The van der Waals surface area contributed by atoms with Crippen molar-refractivity contribution in [2.24, 2.45) is 0 Å². The van der Waals surface area contributed by atoms with E-state index < -0.39 is 0 Å². The number of aromatic nitrogens is 2. The fraction of sp³-hybridized carbons (Fsp3) is 0.406. The summed E-state index contributed by atoms with van der Waals surface area (Å²) in [6, 6.07) is 12.7. The molecule has 214 valence electrons. The number of hydrogen-bond acceptors (Lipinski definition) is 7.